The van der Waals surface area contributed by atoms with E-state index in [2.05, 4.69) is 53.7 Å². The van der Waals surface area contributed by atoms with Gasteiger partial charge in [-0.05, 0) is 41.7 Å². The van der Waals surface area contributed by atoms with E-state index in [0.29, 0.717) is 18.2 Å². The maximum Gasteiger partial charge on any atom is 0.269 e. The Bertz CT molecular complexity index is 891. The molecule has 0 radical (unpaired) electrons. The van der Waals surface area contributed by atoms with Crippen LogP contribution < -0.4 is 10.6 Å². The van der Waals surface area contributed by atoms with Crippen LogP contribution in [0.4, 0.5) is 11.4 Å². The van der Waals surface area contributed by atoms with Crippen molar-refractivity contribution in [3.05, 3.63) is 89.7 Å². The standard InChI is InChI=1S/C23H25N3O/c1-17(2)20-10-6-7-11-21(20)26-19-13-15-24-22(16-19)23(27)25-14-12-18-8-4-3-5-9-18/h3-11,13,15-17H,12,14H2,1-2H3,(H,24,26)(H,25,27). The lowest BCUT2D eigenvalue weighted by molar-refractivity contribution is 0.0949. The molecule has 0 saturated heterocycles. The zero-order chi connectivity index (χ0) is 19.1. The molecule has 4 nitrogen and oxygen atoms in total. The topological polar surface area (TPSA) is 54.0 Å². The minimum atomic E-state index is -0.160. The SMILES string of the molecule is CC(C)c1ccccc1Nc1ccnc(C(=O)NCCc2ccccc2)c1. The highest BCUT2D eigenvalue weighted by Gasteiger charge is 2.10. The summed E-state index contributed by atoms with van der Waals surface area (Å²) in [5, 5.41) is 6.35. The molecule has 4 heteroatoms. The Morgan fingerprint density at radius 3 is 2.52 bits per heavy atom. The van der Waals surface area contributed by atoms with Gasteiger partial charge in [-0.1, -0.05) is 62.4 Å². The van der Waals surface area contributed by atoms with Gasteiger partial charge in [-0.2, -0.15) is 0 Å². The fraction of sp³-hybridized carbons (Fsp3) is 0.217. The van der Waals surface area contributed by atoms with Crippen molar-refractivity contribution in [2.45, 2.75) is 26.2 Å². The first kappa shape index (κ1) is 18.6. The number of para-hydroxylation sites is 1. The summed E-state index contributed by atoms with van der Waals surface area (Å²) in [7, 11) is 0. The van der Waals surface area contributed by atoms with E-state index < -0.39 is 0 Å². The van der Waals surface area contributed by atoms with Crippen LogP contribution in [0.1, 0.15) is 41.4 Å². The van der Waals surface area contributed by atoms with Crippen LogP contribution in [0.3, 0.4) is 0 Å². The summed E-state index contributed by atoms with van der Waals surface area (Å²) in [6.45, 7) is 4.91. The maximum absolute atomic E-state index is 12.4. The molecule has 2 aromatic carbocycles. The number of amides is 1. The van der Waals surface area contributed by atoms with E-state index in [-0.39, 0.29) is 5.91 Å². The van der Waals surface area contributed by atoms with Crippen molar-refractivity contribution in [3.63, 3.8) is 0 Å². The molecule has 3 rings (SSSR count). The minimum absolute atomic E-state index is 0.160. The van der Waals surface area contributed by atoms with E-state index in [1.54, 1.807) is 12.3 Å². The summed E-state index contributed by atoms with van der Waals surface area (Å²) >= 11 is 0. The van der Waals surface area contributed by atoms with Crippen LogP contribution >= 0.6 is 0 Å². The molecule has 0 spiro atoms. The molecule has 0 atom stereocenters. The number of carbonyl (C=O) groups excluding carboxylic acids is 1. The minimum Gasteiger partial charge on any atom is -0.355 e. The lowest BCUT2D eigenvalue weighted by Gasteiger charge is -2.15. The Morgan fingerprint density at radius 1 is 1.00 bits per heavy atom. The van der Waals surface area contributed by atoms with E-state index in [1.165, 1.54) is 11.1 Å². The van der Waals surface area contributed by atoms with Gasteiger partial charge < -0.3 is 10.6 Å². The van der Waals surface area contributed by atoms with Crippen LogP contribution in [-0.2, 0) is 6.42 Å². The highest BCUT2D eigenvalue weighted by Crippen LogP contribution is 2.26. The predicted octanol–water partition coefficient (Wildman–Crippen LogP) is 4.92. The van der Waals surface area contributed by atoms with Crippen LogP contribution in [0.15, 0.2) is 72.9 Å². The number of nitrogens with zero attached hydrogens (tertiary/aromatic N) is 1. The third kappa shape index (κ3) is 5.17. The van der Waals surface area contributed by atoms with Crippen LogP contribution in [0.2, 0.25) is 0 Å². The van der Waals surface area contributed by atoms with Crippen LogP contribution in [0, 0.1) is 0 Å². The average Bonchev–Trinajstić information content (AvgIpc) is 2.69. The van der Waals surface area contributed by atoms with E-state index in [4.69, 9.17) is 0 Å². The molecule has 0 aliphatic heterocycles. The summed E-state index contributed by atoms with van der Waals surface area (Å²) in [5.74, 6) is 0.253. The second kappa shape index (κ2) is 8.99. The molecular formula is C23H25N3O. The molecule has 0 aliphatic rings. The van der Waals surface area contributed by atoms with Gasteiger partial charge in [0.2, 0.25) is 0 Å². The Morgan fingerprint density at radius 2 is 1.74 bits per heavy atom. The number of nitrogens with one attached hydrogen (secondary N) is 2. The van der Waals surface area contributed by atoms with Crippen molar-refractivity contribution in [3.8, 4) is 0 Å². The zero-order valence-corrected chi connectivity index (χ0v) is 15.8. The first-order valence-electron chi connectivity index (χ1n) is 9.27. The lowest BCUT2D eigenvalue weighted by atomic mass is 10.0. The summed E-state index contributed by atoms with van der Waals surface area (Å²) in [4.78, 5) is 16.6. The predicted molar refractivity (Wildman–Crippen MR) is 111 cm³/mol. The highest BCUT2D eigenvalue weighted by molar-refractivity contribution is 5.93. The molecule has 0 bridgehead atoms. The van der Waals surface area contributed by atoms with Crippen molar-refractivity contribution < 1.29 is 4.79 Å². The molecule has 0 aliphatic carbocycles. The van der Waals surface area contributed by atoms with Gasteiger partial charge in [-0.3, -0.25) is 9.78 Å². The fourth-order valence-corrected chi connectivity index (χ4v) is 2.96. The number of aromatic nitrogens is 1. The largest absolute Gasteiger partial charge is 0.355 e. The number of hydrogen-bond donors (Lipinski definition) is 2. The summed E-state index contributed by atoms with van der Waals surface area (Å²) in [6, 6.07) is 22.0. The summed E-state index contributed by atoms with van der Waals surface area (Å²) in [6.07, 6.45) is 2.46. The third-order valence-corrected chi connectivity index (χ3v) is 4.40. The molecule has 27 heavy (non-hydrogen) atoms. The van der Waals surface area contributed by atoms with Crippen molar-refractivity contribution in [1.82, 2.24) is 10.3 Å². The van der Waals surface area contributed by atoms with Gasteiger partial charge >= 0.3 is 0 Å². The van der Waals surface area contributed by atoms with Crippen molar-refractivity contribution >= 4 is 17.3 Å². The average molecular weight is 359 g/mol. The van der Waals surface area contributed by atoms with Gasteiger partial charge in [0.25, 0.3) is 5.91 Å². The van der Waals surface area contributed by atoms with Gasteiger partial charge in [-0.15, -0.1) is 0 Å². The molecular weight excluding hydrogens is 334 g/mol. The third-order valence-electron chi connectivity index (χ3n) is 4.40. The molecule has 2 N–H and O–H groups in total. The molecule has 0 saturated carbocycles. The van der Waals surface area contributed by atoms with Gasteiger partial charge in [0.1, 0.15) is 5.69 Å². The fourth-order valence-electron chi connectivity index (χ4n) is 2.96. The van der Waals surface area contributed by atoms with E-state index in [9.17, 15) is 4.79 Å². The van der Waals surface area contributed by atoms with Gasteiger partial charge in [0, 0.05) is 24.1 Å². The lowest BCUT2D eigenvalue weighted by Crippen LogP contribution is -2.26. The Balaban J connectivity index is 1.64. The normalized spacial score (nSPS) is 10.6. The smallest absolute Gasteiger partial charge is 0.269 e. The number of carbonyl (C=O) groups is 1. The quantitative estimate of drug-likeness (QED) is 0.629. The van der Waals surface area contributed by atoms with E-state index >= 15 is 0 Å². The number of anilines is 2. The van der Waals surface area contributed by atoms with Crippen LogP contribution in [0.25, 0.3) is 0 Å². The van der Waals surface area contributed by atoms with Gasteiger partial charge in [0.05, 0.1) is 0 Å². The van der Waals surface area contributed by atoms with E-state index in [0.717, 1.165) is 17.8 Å². The number of rotatable bonds is 7. The van der Waals surface area contributed by atoms with Gasteiger partial charge in [-0.25, -0.2) is 0 Å². The maximum atomic E-state index is 12.4. The molecule has 1 heterocycles. The van der Waals surface area contributed by atoms with E-state index in [1.807, 2.05) is 36.4 Å². The van der Waals surface area contributed by atoms with Crippen molar-refractivity contribution in [2.24, 2.45) is 0 Å². The molecule has 3 aromatic rings. The Hall–Kier alpha value is -3.14. The molecule has 0 fully saturated rings. The first-order chi connectivity index (χ1) is 13.1. The summed E-state index contributed by atoms with van der Waals surface area (Å²) in [5.41, 5.74) is 4.75. The van der Waals surface area contributed by atoms with Crippen LogP contribution in [-0.4, -0.2) is 17.4 Å². The second-order valence-electron chi connectivity index (χ2n) is 6.79. The molecule has 1 aromatic heterocycles. The highest BCUT2D eigenvalue weighted by atomic mass is 16.1. The molecule has 138 valence electrons. The monoisotopic (exact) mass is 359 g/mol. The molecule has 1 amide bonds. The second-order valence-corrected chi connectivity index (χ2v) is 6.79. The molecule has 0 unspecified atom stereocenters. The van der Waals surface area contributed by atoms with Gasteiger partial charge in [0.15, 0.2) is 0 Å². The first-order valence-corrected chi connectivity index (χ1v) is 9.27. The van der Waals surface area contributed by atoms with Crippen LogP contribution in [0.5, 0.6) is 0 Å². The van der Waals surface area contributed by atoms with Crippen molar-refractivity contribution in [1.29, 1.82) is 0 Å². The number of hydrogen-bond acceptors (Lipinski definition) is 3. The number of benzene rings is 2. The Labute approximate surface area is 160 Å². The summed E-state index contributed by atoms with van der Waals surface area (Å²) < 4.78 is 0. The van der Waals surface area contributed by atoms with Crippen molar-refractivity contribution in [2.75, 3.05) is 11.9 Å². The zero-order valence-electron chi connectivity index (χ0n) is 15.8. The Kier molecular flexibility index (Phi) is 6.21. The number of pyridine rings is 1.